The molecule has 2 rings (SSSR count). The van der Waals surface area contributed by atoms with Crippen molar-refractivity contribution in [1.29, 1.82) is 0 Å². The van der Waals surface area contributed by atoms with Gasteiger partial charge in [0.15, 0.2) is 0 Å². The molecule has 17 heavy (non-hydrogen) atoms. The van der Waals surface area contributed by atoms with Gasteiger partial charge in [-0.05, 0) is 13.0 Å². The van der Waals surface area contributed by atoms with Crippen molar-refractivity contribution in [3.8, 4) is 0 Å². The predicted molar refractivity (Wildman–Crippen MR) is 60.5 cm³/mol. The van der Waals surface area contributed by atoms with E-state index in [1.807, 2.05) is 6.92 Å². The van der Waals surface area contributed by atoms with Crippen LogP contribution in [0.25, 0.3) is 0 Å². The van der Waals surface area contributed by atoms with Gasteiger partial charge in [-0.25, -0.2) is 0 Å². The van der Waals surface area contributed by atoms with Gasteiger partial charge >= 0.3 is 0 Å². The molecule has 94 valence electrons. The molecule has 6 nitrogen and oxygen atoms in total. The average Bonchev–Trinajstić information content (AvgIpc) is 2.75. The normalized spacial score (nSPS) is 25.0. The van der Waals surface area contributed by atoms with Crippen LogP contribution in [0, 0.1) is 0 Å². The number of hydrogen-bond acceptors (Lipinski definition) is 4. The number of morpholine rings is 1. The largest absolute Gasteiger partial charge is 0.394 e. The van der Waals surface area contributed by atoms with E-state index in [9.17, 15) is 4.79 Å². The van der Waals surface area contributed by atoms with Crippen LogP contribution in [0.3, 0.4) is 0 Å². The Labute approximate surface area is 99.8 Å². The van der Waals surface area contributed by atoms with Crippen LogP contribution >= 0.6 is 0 Å². The lowest BCUT2D eigenvalue weighted by atomic mass is 10.2. The molecule has 2 heterocycles. The van der Waals surface area contributed by atoms with E-state index in [-0.39, 0.29) is 24.7 Å². The molecule has 0 saturated carbocycles. The van der Waals surface area contributed by atoms with Crippen molar-refractivity contribution < 1.29 is 14.6 Å². The third-order valence-corrected chi connectivity index (χ3v) is 3.01. The minimum atomic E-state index is -0.289. The first-order valence-corrected chi connectivity index (χ1v) is 5.65. The number of nitrogens with zero attached hydrogens (tertiary/aromatic N) is 3. The zero-order valence-corrected chi connectivity index (χ0v) is 10.0. The van der Waals surface area contributed by atoms with Gasteiger partial charge in [0.05, 0.1) is 25.4 Å². The lowest BCUT2D eigenvalue weighted by Gasteiger charge is -2.37. The van der Waals surface area contributed by atoms with E-state index < -0.39 is 0 Å². The molecule has 1 saturated heterocycles. The maximum atomic E-state index is 12.3. The molecule has 0 bridgehead atoms. The first-order valence-electron chi connectivity index (χ1n) is 5.65. The van der Waals surface area contributed by atoms with Crippen molar-refractivity contribution in [2.24, 2.45) is 7.05 Å². The van der Waals surface area contributed by atoms with Gasteiger partial charge in [0.1, 0.15) is 5.69 Å². The number of aryl methyl sites for hydroxylation is 1. The molecule has 1 N–H and O–H groups in total. The van der Waals surface area contributed by atoms with Crippen LogP contribution in [0.15, 0.2) is 12.3 Å². The summed E-state index contributed by atoms with van der Waals surface area (Å²) in [5, 5.41) is 13.1. The van der Waals surface area contributed by atoms with Crippen molar-refractivity contribution in [3.05, 3.63) is 18.0 Å². The van der Waals surface area contributed by atoms with Gasteiger partial charge in [-0.15, -0.1) is 0 Å². The first-order chi connectivity index (χ1) is 8.13. The smallest absolute Gasteiger partial charge is 0.272 e. The van der Waals surface area contributed by atoms with E-state index in [0.717, 1.165) is 0 Å². The molecule has 1 amide bonds. The number of ether oxygens (including phenoxy) is 1. The van der Waals surface area contributed by atoms with Crippen molar-refractivity contribution >= 4 is 5.91 Å². The summed E-state index contributed by atoms with van der Waals surface area (Å²) >= 11 is 0. The highest BCUT2D eigenvalue weighted by atomic mass is 16.5. The second-order valence-corrected chi connectivity index (χ2v) is 4.28. The molecule has 1 aromatic rings. The van der Waals surface area contributed by atoms with Gasteiger partial charge in [-0.1, -0.05) is 0 Å². The number of aliphatic hydroxyl groups is 1. The molecule has 1 aliphatic heterocycles. The quantitative estimate of drug-likeness (QED) is 0.765. The van der Waals surface area contributed by atoms with E-state index in [1.54, 1.807) is 28.9 Å². The average molecular weight is 239 g/mol. The van der Waals surface area contributed by atoms with E-state index in [2.05, 4.69) is 5.10 Å². The van der Waals surface area contributed by atoms with E-state index in [1.165, 1.54) is 0 Å². The first kappa shape index (κ1) is 12.1. The van der Waals surface area contributed by atoms with Gasteiger partial charge in [0, 0.05) is 19.8 Å². The summed E-state index contributed by atoms with van der Waals surface area (Å²) < 4.78 is 6.96. The number of aromatic nitrogens is 2. The van der Waals surface area contributed by atoms with Crippen molar-refractivity contribution in [1.82, 2.24) is 14.7 Å². The van der Waals surface area contributed by atoms with Gasteiger partial charge in [0.2, 0.25) is 0 Å². The molecule has 1 fully saturated rings. The highest BCUT2D eigenvalue weighted by molar-refractivity contribution is 5.92. The third kappa shape index (κ3) is 2.32. The summed E-state index contributed by atoms with van der Waals surface area (Å²) in [4.78, 5) is 14.0. The second-order valence-electron chi connectivity index (χ2n) is 4.28. The maximum Gasteiger partial charge on any atom is 0.272 e. The molecular formula is C11H17N3O3. The van der Waals surface area contributed by atoms with Crippen LogP contribution in [-0.2, 0) is 11.8 Å². The highest BCUT2D eigenvalue weighted by Crippen LogP contribution is 2.15. The fourth-order valence-electron chi connectivity index (χ4n) is 1.94. The Morgan fingerprint density at radius 1 is 1.71 bits per heavy atom. The fourth-order valence-corrected chi connectivity index (χ4v) is 1.94. The van der Waals surface area contributed by atoms with E-state index in [4.69, 9.17) is 9.84 Å². The molecule has 0 aromatic carbocycles. The standard InChI is InChI=1S/C11H17N3O3/c1-8-7-17-9(6-15)5-14(8)11(16)10-3-4-12-13(10)2/h3-4,8-9,15H,5-7H2,1-2H3. The molecule has 0 radical (unpaired) electrons. The van der Waals surface area contributed by atoms with Gasteiger partial charge < -0.3 is 14.7 Å². The van der Waals surface area contributed by atoms with Crippen LogP contribution in [0.1, 0.15) is 17.4 Å². The molecular weight excluding hydrogens is 222 g/mol. The van der Waals surface area contributed by atoms with Gasteiger partial charge in [-0.2, -0.15) is 5.10 Å². The SMILES string of the molecule is CC1COC(CO)CN1C(=O)c1ccnn1C. The van der Waals surface area contributed by atoms with Gasteiger partial charge in [0.25, 0.3) is 5.91 Å². The van der Waals surface area contributed by atoms with Gasteiger partial charge in [-0.3, -0.25) is 9.48 Å². The number of carbonyl (C=O) groups is 1. The van der Waals surface area contributed by atoms with Crippen LogP contribution in [0.2, 0.25) is 0 Å². The topological polar surface area (TPSA) is 67.6 Å². The zero-order valence-electron chi connectivity index (χ0n) is 10.0. The fraction of sp³-hybridized carbons (Fsp3) is 0.636. The van der Waals surface area contributed by atoms with Crippen LogP contribution in [0.4, 0.5) is 0 Å². The summed E-state index contributed by atoms with van der Waals surface area (Å²) in [5.41, 5.74) is 0.551. The molecule has 1 aliphatic rings. The van der Waals surface area contributed by atoms with E-state index in [0.29, 0.717) is 18.8 Å². The molecule has 2 atom stereocenters. The maximum absolute atomic E-state index is 12.3. The van der Waals surface area contributed by atoms with Crippen LogP contribution in [0.5, 0.6) is 0 Å². The summed E-state index contributed by atoms with van der Waals surface area (Å²) in [5.74, 6) is -0.0701. The Morgan fingerprint density at radius 2 is 2.47 bits per heavy atom. The number of hydrogen-bond donors (Lipinski definition) is 1. The van der Waals surface area contributed by atoms with Crippen LogP contribution in [-0.4, -0.2) is 57.6 Å². The zero-order chi connectivity index (χ0) is 12.4. The number of amides is 1. The molecule has 0 spiro atoms. The van der Waals surface area contributed by atoms with E-state index >= 15 is 0 Å². The monoisotopic (exact) mass is 239 g/mol. The minimum Gasteiger partial charge on any atom is -0.394 e. The molecule has 2 unspecified atom stereocenters. The second kappa shape index (κ2) is 4.85. The Morgan fingerprint density at radius 3 is 3.06 bits per heavy atom. The number of aliphatic hydroxyl groups excluding tert-OH is 1. The Kier molecular flexibility index (Phi) is 3.44. The molecule has 1 aromatic heterocycles. The highest BCUT2D eigenvalue weighted by Gasteiger charge is 2.30. The van der Waals surface area contributed by atoms with Crippen molar-refractivity contribution in [2.45, 2.75) is 19.1 Å². The summed E-state index contributed by atoms with van der Waals surface area (Å²) in [7, 11) is 1.74. The summed E-state index contributed by atoms with van der Waals surface area (Å²) in [6, 6.07) is 1.71. The van der Waals surface area contributed by atoms with Crippen LogP contribution < -0.4 is 0 Å². The number of carbonyl (C=O) groups excluding carboxylic acids is 1. The third-order valence-electron chi connectivity index (χ3n) is 3.01. The predicted octanol–water partition coefficient (Wildman–Crippen LogP) is -0.358. The molecule has 0 aliphatic carbocycles. The summed E-state index contributed by atoms with van der Waals surface area (Å²) in [6.45, 7) is 2.74. The van der Waals surface area contributed by atoms with Crippen molar-refractivity contribution in [2.75, 3.05) is 19.8 Å². The Hall–Kier alpha value is -1.40. The number of rotatable bonds is 2. The minimum absolute atomic E-state index is 0.0141. The summed E-state index contributed by atoms with van der Waals surface area (Å²) in [6.07, 6.45) is 1.31. The Balaban J connectivity index is 2.15. The Bertz CT molecular complexity index is 404. The lowest BCUT2D eigenvalue weighted by molar-refractivity contribution is -0.0669. The molecule has 6 heteroatoms. The van der Waals surface area contributed by atoms with Crippen molar-refractivity contribution in [3.63, 3.8) is 0 Å². The lowest BCUT2D eigenvalue weighted by Crippen LogP contribution is -2.52.